The number of amides is 4. The van der Waals surface area contributed by atoms with E-state index in [0.717, 1.165) is 21.9 Å². The van der Waals surface area contributed by atoms with Gasteiger partial charge in [-0.1, -0.05) is 29.8 Å². The van der Waals surface area contributed by atoms with Crippen molar-refractivity contribution < 1.29 is 27.9 Å². The zero-order chi connectivity index (χ0) is 23.9. The van der Waals surface area contributed by atoms with E-state index >= 15 is 0 Å². The summed E-state index contributed by atoms with van der Waals surface area (Å²) in [5.41, 5.74) is -0.594. The number of aromatic hydroxyl groups is 1. The Morgan fingerprint density at radius 2 is 1.55 bits per heavy atom. The monoisotopic (exact) mass is 475 g/mol. The van der Waals surface area contributed by atoms with Crippen LogP contribution < -0.4 is 14.7 Å². The Kier molecular flexibility index (Phi) is 5.67. The molecule has 0 atom stereocenters. The molecule has 170 valence electrons. The zero-order valence-corrected chi connectivity index (χ0v) is 17.9. The van der Waals surface area contributed by atoms with Gasteiger partial charge in [0.2, 0.25) is 0 Å². The number of phenolic OH excluding ortho intramolecular Hbond substituents is 1. The van der Waals surface area contributed by atoms with Gasteiger partial charge >= 0.3 is 18.2 Å². The fourth-order valence-electron chi connectivity index (χ4n) is 3.60. The second-order valence-electron chi connectivity index (χ2n) is 7.15. The largest absolute Gasteiger partial charge is 0.506 e. The highest BCUT2D eigenvalue weighted by atomic mass is 35.5. The summed E-state index contributed by atoms with van der Waals surface area (Å²) in [7, 11) is 0. The minimum Gasteiger partial charge on any atom is -0.506 e. The van der Waals surface area contributed by atoms with Crippen molar-refractivity contribution in [1.82, 2.24) is 0 Å². The number of rotatable bonds is 3. The van der Waals surface area contributed by atoms with Crippen molar-refractivity contribution in [2.45, 2.75) is 13.1 Å². The van der Waals surface area contributed by atoms with Crippen LogP contribution in [-0.2, 0) is 6.18 Å². The predicted molar refractivity (Wildman–Crippen MR) is 119 cm³/mol. The lowest BCUT2D eigenvalue weighted by molar-refractivity contribution is -0.137. The summed E-state index contributed by atoms with van der Waals surface area (Å²) < 4.78 is 40.6. The van der Waals surface area contributed by atoms with Gasteiger partial charge in [-0.15, -0.1) is 0 Å². The first-order valence-corrected chi connectivity index (χ1v) is 10.2. The molecule has 33 heavy (non-hydrogen) atoms. The molecule has 3 aromatic carbocycles. The fraction of sp³-hybridized carbons (Fsp3) is 0.130. The fourth-order valence-corrected chi connectivity index (χ4v) is 3.78. The molecular weight excluding hydrogens is 459 g/mol. The van der Waals surface area contributed by atoms with Crippen LogP contribution in [0.3, 0.4) is 0 Å². The summed E-state index contributed by atoms with van der Waals surface area (Å²) >= 11 is 6.00. The van der Waals surface area contributed by atoms with Gasteiger partial charge in [-0.25, -0.2) is 14.5 Å². The van der Waals surface area contributed by atoms with E-state index in [2.05, 4.69) is 0 Å². The first-order valence-electron chi connectivity index (χ1n) is 9.84. The van der Waals surface area contributed by atoms with Crippen LogP contribution in [-0.4, -0.2) is 23.7 Å². The van der Waals surface area contributed by atoms with E-state index < -0.39 is 23.8 Å². The third-order valence-corrected chi connectivity index (χ3v) is 5.46. The number of anilines is 4. The number of carbonyl (C=O) groups is 2. The zero-order valence-electron chi connectivity index (χ0n) is 17.2. The Hall–Kier alpha value is -3.72. The number of urea groups is 2. The van der Waals surface area contributed by atoms with E-state index in [-0.39, 0.29) is 40.1 Å². The molecule has 1 aliphatic heterocycles. The van der Waals surface area contributed by atoms with Crippen molar-refractivity contribution in [3.8, 4) is 5.75 Å². The number of phenols is 1. The highest BCUT2D eigenvalue weighted by Crippen LogP contribution is 2.43. The quantitative estimate of drug-likeness (QED) is 0.453. The van der Waals surface area contributed by atoms with Gasteiger partial charge in [-0.05, 0) is 55.5 Å². The van der Waals surface area contributed by atoms with Crippen LogP contribution >= 0.6 is 11.6 Å². The molecule has 0 fully saturated rings. The first-order chi connectivity index (χ1) is 15.6. The van der Waals surface area contributed by atoms with Gasteiger partial charge in [0.25, 0.3) is 0 Å². The van der Waals surface area contributed by atoms with Gasteiger partial charge in [-0.2, -0.15) is 13.2 Å². The van der Waals surface area contributed by atoms with Crippen LogP contribution in [0.25, 0.3) is 0 Å². The maximum absolute atomic E-state index is 13.8. The molecule has 10 heteroatoms. The Labute approximate surface area is 192 Å². The van der Waals surface area contributed by atoms with Gasteiger partial charge < -0.3 is 5.11 Å². The molecule has 0 unspecified atom stereocenters. The second kappa shape index (κ2) is 8.32. The van der Waals surface area contributed by atoms with E-state index in [0.29, 0.717) is 0 Å². The summed E-state index contributed by atoms with van der Waals surface area (Å²) in [5, 5.41) is 9.66. The predicted octanol–water partition coefficient (Wildman–Crippen LogP) is 6.79. The Morgan fingerprint density at radius 3 is 2.15 bits per heavy atom. The molecule has 6 nitrogen and oxygen atoms in total. The molecule has 4 rings (SSSR count). The van der Waals surface area contributed by atoms with Crippen LogP contribution in [0.1, 0.15) is 12.5 Å². The molecule has 4 amide bonds. The van der Waals surface area contributed by atoms with E-state index in [9.17, 15) is 27.9 Å². The Balaban J connectivity index is 2.00. The maximum atomic E-state index is 13.8. The van der Waals surface area contributed by atoms with Gasteiger partial charge in [0, 0.05) is 6.54 Å². The Bertz CT molecular complexity index is 1230. The Morgan fingerprint density at radius 1 is 0.848 bits per heavy atom. The number of imide groups is 1. The van der Waals surface area contributed by atoms with E-state index in [4.69, 9.17) is 11.6 Å². The number of nitrogens with zero attached hydrogens (tertiary/aromatic N) is 3. The number of para-hydroxylation sites is 1. The van der Waals surface area contributed by atoms with Crippen molar-refractivity contribution >= 4 is 46.4 Å². The number of alkyl halides is 3. The number of hydrogen-bond donors (Lipinski definition) is 1. The highest BCUT2D eigenvalue weighted by Gasteiger charge is 2.41. The smallest absolute Gasteiger partial charge is 0.416 e. The van der Waals surface area contributed by atoms with Crippen molar-refractivity contribution in [3.05, 3.63) is 77.3 Å². The van der Waals surface area contributed by atoms with Gasteiger partial charge in [0.15, 0.2) is 0 Å². The molecule has 0 saturated carbocycles. The first kappa shape index (κ1) is 22.5. The number of halogens is 4. The van der Waals surface area contributed by atoms with Gasteiger partial charge in [0.1, 0.15) is 5.75 Å². The molecule has 0 aliphatic carbocycles. The SMILES string of the molecule is CCN1C(=O)N(c2ccc(O)c(Cl)c2)C(=O)N(c2ccccc2)c2cc(C(F)(F)F)ccc21. The van der Waals surface area contributed by atoms with E-state index in [1.165, 1.54) is 29.2 Å². The average Bonchev–Trinajstić information content (AvgIpc) is 2.86. The molecule has 0 bridgehead atoms. The van der Waals surface area contributed by atoms with E-state index in [1.807, 2.05) is 0 Å². The third kappa shape index (κ3) is 3.95. The lowest BCUT2D eigenvalue weighted by Crippen LogP contribution is -2.48. The molecule has 0 spiro atoms. The molecule has 0 aromatic heterocycles. The highest BCUT2D eigenvalue weighted by molar-refractivity contribution is 6.33. The van der Waals surface area contributed by atoms with Gasteiger partial charge in [-0.3, -0.25) is 9.80 Å². The topological polar surface area (TPSA) is 64.1 Å². The lowest BCUT2D eigenvalue weighted by Gasteiger charge is -2.27. The minimum absolute atomic E-state index is 0.0519. The normalized spacial score (nSPS) is 14.4. The van der Waals surface area contributed by atoms with Crippen molar-refractivity contribution in [3.63, 3.8) is 0 Å². The summed E-state index contributed by atoms with van der Waals surface area (Å²) in [4.78, 5) is 30.3. The molecule has 1 N–H and O–H groups in total. The van der Waals surface area contributed by atoms with Crippen molar-refractivity contribution in [2.24, 2.45) is 0 Å². The van der Waals surface area contributed by atoms with Crippen LogP contribution in [0.15, 0.2) is 66.7 Å². The lowest BCUT2D eigenvalue weighted by atomic mass is 10.1. The summed E-state index contributed by atoms with van der Waals surface area (Å²) in [6, 6.07) is 13.1. The van der Waals surface area contributed by atoms with Crippen LogP contribution in [0.4, 0.5) is 45.5 Å². The number of carbonyl (C=O) groups excluding carboxylic acids is 2. The third-order valence-electron chi connectivity index (χ3n) is 5.16. The molecule has 1 heterocycles. The molecule has 1 aliphatic rings. The number of benzene rings is 3. The number of hydrogen-bond acceptors (Lipinski definition) is 3. The van der Waals surface area contributed by atoms with Crippen molar-refractivity contribution in [2.75, 3.05) is 21.2 Å². The van der Waals surface area contributed by atoms with Gasteiger partial charge in [0.05, 0.1) is 33.3 Å². The summed E-state index contributed by atoms with van der Waals surface area (Å²) in [5.74, 6) is -0.250. The standard InChI is InChI=1S/C23H17ClF3N3O3/c1-2-28-18-10-8-14(23(25,26)27)12-19(18)29(15-6-4-3-5-7-15)22(33)30(21(28)32)16-9-11-20(31)17(24)13-16/h3-13,31H,2H2,1H3. The van der Waals surface area contributed by atoms with E-state index in [1.54, 1.807) is 37.3 Å². The summed E-state index contributed by atoms with van der Waals surface area (Å²) in [6.45, 7) is 1.72. The van der Waals surface area contributed by atoms with Crippen molar-refractivity contribution in [1.29, 1.82) is 0 Å². The number of fused-ring (bicyclic) bond motifs is 1. The van der Waals surface area contributed by atoms with Crippen LogP contribution in [0.2, 0.25) is 5.02 Å². The second-order valence-corrected chi connectivity index (χ2v) is 7.56. The molecule has 0 radical (unpaired) electrons. The average molecular weight is 476 g/mol. The molecule has 0 saturated heterocycles. The maximum Gasteiger partial charge on any atom is 0.416 e. The molecular formula is C23H17ClF3N3O3. The van der Waals surface area contributed by atoms with Crippen LogP contribution in [0.5, 0.6) is 5.75 Å². The van der Waals surface area contributed by atoms with Crippen LogP contribution in [0, 0.1) is 0 Å². The molecule has 3 aromatic rings. The summed E-state index contributed by atoms with van der Waals surface area (Å²) in [6.07, 6.45) is -4.65. The minimum atomic E-state index is -4.65.